The summed E-state index contributed by atoms with van der Waals surface area (Å²) in [6, 6.07) is 22.0. The third-order valence-corrected chi connectivity index (χ3v) is 6.15. The monoisotopic (exact) mass is 495 g/mol. The fourth-order valence-electron chi connectivity index (χ4n) is 4.24. The van der Waals surface area contributed by atoms with Gasteiger partial charge in [0.05, 0.1) is 17.4 Å². The molecule has 4 rings (SSSR count). The number of carbonyl (C=O) groups excluding carboxylic acids is 1. The van der Waals surface area contributed by atoms with Crippen LogP contribution in [0.5, 0.6) is 0 Å². The number of alkyl halides is 4. The Morgan fingerprint density at radius 1 is 0.750 bits per heavy atom. The molecule has 4 aromatic rings. The largest absolute Gasteiger partial charge is 0.472 e. The normalized spacial score (nSPS) is 12.4. The highest BCUT2D eigenvalue weighted by Crippen LogP contribution is 2.39. The van der Waals surface area contributed by atoms with Crippen molar-refractivity contribution in [3.8, 4) is 0 Å². The van der Waals surface area contributed by atoms with Crippen LogP contribution in [0.3, 0.4) is 0 Å². The number of furan rings is 1. The second kappa shape index (κ2) is 9.64. The van der Waals surface area contributed by atoms with E-state index in [9.17, 15) is 22.4 Å². The van der Waals surface area contributed by atoms with Gasteiger partial charge in [-0.1, -0.05) is 66.7 Å². The van der Waals surface area contributed by atoms with Crippen LogP contribution in [0, 0.1) is 0 Å². The lowest BCUT2D eigenvalue weighted by Crippen LogP contribution is -2.48. The van der Waals surface area contributed by atoms with Crippen LogP contribution in [-0.4, -0.2) is 5.91 Å². The number of hydrogen-bond donors (Lipinski definition) is 1. The summed E-state index contributed by atoms with van der Waals surface area (Å²) in [7, 11) is 0. The van der Waals surface area contributed by atoms with Crippen molar-refractivity contribution in [2.24, 2.45) is 0 Å². The van der Waals surface area contributed by atoms with Gasteiger partial charge in [0, 0.05) is 31.4 Å². The van der Waals surface area contributed by atoms with E-state index in [1.165, 1.54) is 55.0 Å². The molecule has 0 fully saturated rings. The summed E-state index contributed by atoms with van der Waals surface area (Å²) in [5.74, 6) is -6.84. The van der Waals surface area contributed by atoms with Gasteiger partial charge in [-0.25, -0.2) is 17.6 Å². The number of benzene rings is 3. The van der Waals surface area contributed by atoms with Crippen LogP contribution in [0.1, 0.15) is 52.0 Å². The van der Waals surface area contributed by atoms with Crippen molar-refractivity contribution in [3.05, 3.63) is 131 Å². The summed E-state index contributed by atoms with van der Waals surface area (Å²) < 4.78 is 62.5. The van der Waals surface area contributed by atoms with Crippen molar-refractivity contribution in [1.29, 1.82) is 0 Å². The van der Waals surface area contributed by atoms with E-state index in [2.05, 4.69) is 5.32 Å². The van der Waals surface area contributed by atoms with E-state index in [0.717, 1.165) is 19.4 Å². The van der Waals surface area contributed by atoms with Crippen LogP contribution >= 0.6 is 0 Å². The average Bonchev–Trinajstić information content (AvgIpc) is 3.39. The van der Waals surface area contributed by atoms with Gasteiger partial charge in [-0.2, -0.15) is 0 Å². The SMILES string of the molecule is CC(F)(F)c1cccc(C(Cc2ccccc2)(NC(=O)c2ccoc2)c2cccc(C(C)(F)F)c2)c1. The van der Waals surface area contributed by atoms with Crippen LogP contribution in [0.15, 0.2) is 102 Å². The van der Waals surface area contributed by atoms with E-state index in [0.29, 0.717) is 11.1 Å². The van der Waals surface area contributed by atoms with Gasteiger partial charge in [-0.05, 0) is 34.9 Å². The standard InChI is InChI=1S/C29H25F4NO2/c1-27(30,31)22-10-6-12-24(16-22)29(18-20-8-4-3-5-9-20,34-26(35)21-14-15-36-19-21)25-13-7-11-23(17-25)28(2,32)33/h3-17,19H,18H2,1-2H3,(H,34,35). The van der Waals surface area contributed by atoms with Crippen LogP contribution < -0.4 is 5.32 Å². The third kappa shape index (κ3) is 5.35. The van der Waals surface area contributed by atoms with Crippen molar-refractivity contribution in [1.82, 2.24) is 5.32 Å². The molecule has 186 valence electrons. The Morgan fingerprint density at radius 2 is 1.28 bits per heavy atom. The minimum atomic E-state index is -3.15. The number of amides is 1. The minimum Gasteiger partial charge on any atom is -0.472 e. The number of halogens is 4. The Balaban J connectivity index is 1.99. The predicted molar refractivity (Wildman–Crippen MR) is 129 cm³/mol. The highest BCUT2D eigenvalue weighted by atomic mass is 19.3. The van der Waals surface area contributed by atoms with E-state index < -0.39 is 23.3 Å². The molecule has 0 bridgehead atoms. The lowest BCUT2D eigenvalue weighted by atomic mass is 9.76. The number of hydrogen-bond acceptors (Lipinski definition) is 2. The summed E-state index contributed by atoms with van der Waals surface area (Å²) in [6.07, 6.45) is 2.72. The molecule has 1 aromatic heterocycles. The molecule has 0 atom stereocenters. The molecule has 36 heavy (non-hydrogen) atoms. The summed E-state index contributed by atoms with van der Waals surface area (Å²) in [6.45, 7) is 1.57. The van der Waals surface area contributed by atoms with Gasteiger partial charge in [-0.3, -0.25) is 4.79 Å². The number of carbonyl (C=O) groups is 1. The van der Waals surface area contributed by atoms with Crippen molar-refractivity contribution < 1.29 is 26.8 Å². The molecule has 0 aliphatic heterocycles. The summed E-state index contributed by atoms with van der Waals surface area (Å²) in [5.41, 5.74) is -0.330. The highest BCUT2D eigenvalue weighted by Gasteiger charge is 2.39. The highest BCUT2D eigenvalue weighted by molar-refractivity contribution is 5.94. The van der Waals surface area contributed by atoms with Crippen molar-refractivity contribution >= 4 is 5.91 Å². The van der Waals surface area contributed by atoms with Gasteiger partial charge in [0.15, 0.2) is 0 Å². The molecule has 1 heterocycles. The zero-order chi connectivity index (χ0) is 26.0. The zero-order valence-corrected chi connectivity index (χ0v) is 19.8. The maximum Gasteiger partial charge on any atom is 0.270 e. The van der Waals surface area contributed by atoms with E-state index in [4.69, 9.17) is 4.42 Å². The molecule has 0 aliphatic rings. The summed E-state index contributed by atoms with van der Waals surface area (Å²) >= 11 is 0. The summed E-state index contributed by atoms with van der Waals surface area (Å²) in [5, 5.41) is 2.98. The number of rotatable bonds is 8. The lowest BCUT2D eigenvalue weighted by molar-refractivity contribution is 0.0168. The molecule has 0 radical (unpaired) electrons. The Hall–Kier alpha value is -3.87. The Labute approximate surface area is 206 Å². The average molecular weight is 496 g/mol. The van der Waals surface area contributed by atoms with Crippen molar-refractivity contribution in [3.63, 3.8) is 0 Å². The molecular formula is C29H25F4NO2. The molecule has 0 saturated heterocycles. The molecule has 0 aliphatic carbocycles. The van der Waals surface area contributed by atoms with Crippen LogP contribution in [0.25, 0.3) is 0 Å². The molecule has 1 N–H and O–H groups in total. The fraction of sp³-hybridized carbons (Fsp3) is 0.207. The second-order valence-electron chi connectivity index (χ2n) is 8.97. The van der Waals surface area contributed by atoms with E-state index in [1.54, 1.807) is 12.1 Å². The first kappa shape index (κ1) is 25.2. The lowest BCUT2D eigenvalue weighted by Gasteiger charge is -2.37. The van der Waals surface area contributed by atoms with Gasteiger partial charge >= 0.3 is 0 Å². The molecule has 0 unspecified atom stereocenters. The Bertz CT molecular complexity index is 1270. The quantitative estimate of drug-likeness (QED) is 0.259. The first-order valence-corrected chi connectivity index (χ1v) is 11.4. The van der Waals surface area contributed by atoms with Gasteiger partial charge in [-0.15, -0.1) is 0 Å². The maximum atomic E-state index is 14.4. The van der Waals surface area contributed by atoms with Crippen LogP contribution in [0.2, 0.25) is 0 Å². The van der Waals surface area contributed by atoms with Gasteiger partial charge in [0.1, 0.15) is 6.26 Å². The molecule has 3 aromatic carbocycles. The topological polar surface area (TPSA) is 42.2 Å². The van der Waals surface area contributed by atoms with E-state index >= 15 is 0 Å². The summed E-state index contributed by atoms with van der Waals surface area (Å²) in [4.78, 5) is 13.4. The second-order valence-corrected chi connectivity index (χ2v) is 8.97. The first-order valence-electron chi connectivity index (χ1n) is 11.4. The van der Waals surface area contributed by atoms with Gasteiger partial charge in [0.2, 0.25) is 0 Å². The van der Waals surface area contributed by atoms with Gasteiger partial charge < -0.3 is 9.73 Å². The Morgan fingerprint density at radius 3 is 1.75 bits per heavy atom. The molecule has 3 nitrogen and oxygen atoms in total. The van der Waals surface area contributed by atoms with Crippen molar-refractivity contribution in [2.45, 2.75) is 37.7 Å². The fourth-order valence-corrected chi connectivity index (χ4v) is 4.24. The minimum absolute atomic E-state index is 0.120. The third-order valence-electron chi connectivity index (χ3n) is 6.15. The number of nitrogens with one attached hydrogen (secondary N) is 1. The molecule has 0 spiro atoms. The molecule has 1 amide bonds. The van der Waals surface area contributed by atoms with E-state index in [1.807, 2.05) is 30.3 Å². The first-order chi connectivity index (χ1) is 17.0. The smallest absolute Gasteiger partial charge is 0.270 e. The molecular weight excluding hydrogens is 470 g/mol. The van der Waals surface area contributed by atoms with E-state index in [-0.39, 0.29) is 23.1 Å². The van der Waals surface area contributed by atoms with Crippen LogP contribution in [-0.2, 0) is 23.8 Å². The Kier molecular flexibility index (Phi) is 6.76. The predicted octanol–water partition coefficient (Wildman–Crippen LogP) is 7.42. The van der Waals surface area contributed by atoms with Crippen molar-refractivity contribution in [2.75, 3.05) is 0 Å². The maximum absolute atomic E-state index is 14.4. The molecule has 7 heteroatoms. The molecule has 0 saturated carbocycles. The van der Waals surface area contributed by atoms with Crippen LogP contribution in [0.4, 0.5) is 17.6 Å². The zero-order valence-electron chi connectivity index (χ0n) is 19.8. The van der Waals surface area contributed by atoms with Gasteiger partial charge in [0.25, 0.3) is 17.8 Å².